The maximum absolute atomic E-state index is 10.5. The van der Waals surface area contributed by atoms with Gasteiger partial charge in [0, 0.05) is 7.11 Å². The minimum Gasteiger partial charge on any atom is -0.456 e. The zero-order chi connectivity index (χ0) is 8.69. The molecule has 11 heavy (non-hydrogen) atoms. The van der Waals surface area contributed by atoms with Crippen LogP contribution in [0.1, 0.15) is 0 Å². The van der Waals surface area contributed by atoms with Crippen molar-refractivity contribution in [3.63, 3.8) is 0 Å². The Kier molecular flexibility index (Phi) is 5.05. The lowest BCUT2D eigenvalue weighted by Gasteiger charge is -2.01. The molecule has 0 atom stereocenters. The summed E-state index contributed by atoms with van der Waals surface area (Å²) in [5.74, 6) is 2.66. The van der Waals surface area contributed by atoms with E-state index in [1.165, 1.54) is 7.11 Å². The molecule has 0 spiro atoms. The van der Waals surface area contributed by atoms with Crippen LogP contribution in [0.2, 0.25) is 0 Å². The number of carbonyl (C=O) groups excluding carboxylic acids is 2. The van der Waals surface area contributed by atoms with E-state index in [2.05, 4.69) is 15.3 Å². The van der Waals surface area contributed by atoms with Gasteiger partial charge in [0.05, 0.1) is 6.61 Å². The Bertz CT molecular complexity index is 147. The Labute approximate surface area is 63.6 Å². The fourth-order valence-electron chi connectivity index (χ4n) is 0.342. The summed E-state index contributed by atoms with van der Waals surface area (Å²) in [4.78, 5) is 20.8. The molecule has 6 nitrogen and oxygen atoms in total. The number of methoxy groups -OCH3 is 1. The molecule has 0 saturated carbocycles. The molecule has 0 unspecified atom stereocenters. The van der Waals surface area contributed by atoms with Crippen LogP contribution in [0.3, 0.4) is 0 Å². The van der Waals surface area contributed by atoms with E-state index < -0.39 is 11.9 Å². The molecule has 3 N–H and O–H groups in total. The standard InChI is InChI=1S/C5H10N2O4/c1-10-2-3-11-5(9)4(8)7-6/h2-3,6H2,1H3,(H,7,8). The first kappa shape index (κ1) is 9.86. The molecule has 1 amide bonds. The van der Waals surface area contributed by atoms with Gasteiger partial charge in [0.15, 0.2) is 0 Å². The van der Waals surface area contributed by atoms with Gasteiger partial charge in [0.1, 0.15) is 6.61 Å². The third kappa shape index (κ3) is 4.29. The maximum Gasteiger partial charge on any atom is 0.398 e. The van der Waals surface area contributed by atoms with Crippen molar-refractivity contribution >= 4 is 11.9 Å². The molecule has 0 aliphatic carbocycles. The Hall–Kier alpha value is -1.14. The molecule has 0 heterocycles. The van der Waals surface area contributed by atoms with Gasteiger partial charge in [-0.15, -0.1) is 0 Å². The Morgan fingerprint density at radius 3 is 2.55 bits per heavy atom. The van der Waals surface area contributed by atoms with Crippen molar-refractivity contribution in [3.05, 3.63) is 0 Å². The van der Waals surface area contributed by atoms with Gasteiger partial charge < -0.3 is 9.47 Å². The van der Waals surface area contributed by atoms with E-state index in [1.807, 2.05) is 0 Å². The summed E-state index contributed by atoms with van der Waals surface area (Å²) >= 11 is 0. The number of hydrazine groups is 1. The smallest absolute Gasteiger partial charge is 0.398 e. The van der Waals surface area contributed by atoms with Crippen molar-refractivity contribution in [1.29, 1.82) is 0 Å². The van der Waals surface area contributed by atoms with Gasteiger partial charge >= 0.3 is 11.9 Å². The lowest BCUT2D eigenvalue weighted by atomic mass is 10.6. The van der Waals surface area contributed by atoms with Crippen LogP contribution in [0.15, 0.2) is 0 Å². The molecule has 0 aromatic heterocycles. The van der Waals surface area contributed by atoms with Crippen LogP contribution < -0.4 is 11.3 Å². The number of nitrogens with one attached hydrogen (secondary N) is 1. The zero-order valence-corrected chi connectivity index (χ0v) is 6.12. The van der Waals surface area contributed by atoms with Crippen LogP contribution in [-0.2, 0) is 19.1 Å². The number of hydrogen-bond acceptors (Lipinski definition) is 5. The van der Waals surface area contributed by atoms with Gasteiger partial charge in [0.25, 0.3) is 0 Å². The second-order valence-corrected chi connectivity index (χ2v) is 1.60. The molecule has 0 aliphatic heterocycles. The molecule has 0 saturated heterocycles. The molecule has 64 valence electrons. The molecule has 0 aromatic carbocycles. The van der Waals surface area contributed by atoms with Gasteiger partial charge in [0.2, 0.25) is 0 Å². The number of esters is 1. The summed E-state index contributed by atoms with van der Waals surface area (Å²) in [6, 6.07) is 0. The van der Waals surface area contributed by atoms with Crippen molar-refractivity contribution < 1.29 is 19.1 Å². The first-order chi connectivity index (χ1) is 5.22. The quantitative estimate of drug-likeness (QED) is 0.127. The average molecular weight is 162 g/mol. The number of carbonyl (C=O) groups is 2. The molecule has 0 radical (unpaired) electrons. The van der Waals surface area contributed by atoms with E-state index in [1.54, 1.807) is 5.43 Å². The predicted molar refractivity (Wildman–Crippen MR) is 35.2 cm³/mol. The van der Waals surface area contributed by atoms with Crippen LogP contribution in [0.25, 0.3) is 0 Å². The summed E-state index contributed by atoms with van der Waals surface area (Å²) < 4.78 is 8.94. The van der Waals surface area contributed by atoms with Gasteiger partial charge in [-0.2, -0.15) is 0 Å². The number of amides is 1. The fraction of sp³-hybridized carbons (Fsp3) is 0.600. The van der Waals surface area contributed by atoms with Gasteiger partial charge in [-0.05, 0) is 0 Å². The summed E-state index contributed by atoms with van der Waals surface area (Å²) in [6.45, 7) is 0.298. The largest absolute Gasteiger partial charge is 0.456 e. The summed E-state index contributed by atoms with van der Waals surface area (Å²) in [5, 5.41) is 0. The van der Waals surface area contributed by atoms with Crippen molar-refractivity contribution in [2.75, 3.05) is 20.3 Å². The SMILES string of the molecule is COCCOC(=O)C(=O)NN. The Morgan fingerprint density at radius 2 is 2.09 bits per heavy atom. The Morgan fingerprint density at radius 1 is 1.45 bits per heavy atom. The number of nitrogens with two attached hydrogens (primary N) is 1. The molecule has 0 aromatic rings. The van der Waals surface area contributed by atoms with Crippen molar-refractivity contribution in [1.82, 2.24) is 5.43 Å². The van der Waals surface area contributed by atoms with Crippen LogP contribution in [0, 0.1) is 0 Å². The average Bonchev–Trinajstić information content (AvgIpc) is 2.03. The minimum absolute atomic E-state index is 0.0444. The lowest BCUT2D eigenvalue weighted by Crippen LogP contribution is -2.37. The highest BCUT2D eigenvalue weighted by Crippen LogP contribution is 1.78. The highest BCUT2D eigenvalue weighted by molar-refractivity contribution is 6.32. The highest BCUT2D eigenvalue weighted by atomic mass is 16.6. The van der Waals surface area contributed by atoms with E-state index in [4.69, 9.17) is 0 Å². The minimum atomic E-state index is -1.01. The molecule has 0 fully saturated rings. The van der Waals surface area contributed by atoms with Crippen LogP contribution in [0.4, 0.5) is 0 Å². The summed E-state index contributed by atoms with van der Waals surface area (Å²) in [7, 11) is 1.46. The zero-order valence-electron chi connectivity index (χ0n) is 6.12. The fourth-order valence-corrected chi connectivity index (χ4v) is 0.342. The molecular formula is C5H10N2O4. The molecule has 0 aliphatic rings. The van der Waals surface area contributed by atoms with E-state index in [9.17, 15) is 9.59 Å². The van der Waals surface area contributed by atoms with E-state index in [-0.39, 0.29) is 13.2 Å². The first-order valence-corrected chi connectivity index (χ1v) is 2.89. The molecule has 0 bridgehead atoms. The number of ether oxygens (including phenoxy) is 2. The van der Waals surface area contributed by atoms with E-state index in [0.29, 0.717) is 0 Å². The normalized spacial score (nSPS) is 8.91. The van der Waals surface area contributed by atoms with Gasteiger partial charge in [-0.1, -0.05) is 0 Å². The second kappa shape index (κ2) is 5.63. The van der Waals surface area contributed by atoms with Crippen LogP contribution in [-0.4, -0.2) is 32.2 Å². The van der Waals surface area contributed by atoms with Crippen molar-refractivity contribution in [2.24, 2.45) is 5.84 Å². The van der Waals surface area contributed by atoms with Gasteiger partial charge in [-0.25, -0.2) is 10.6 Å². The summed E-state index contributed by atoms with van der Waals surface area (Å²) in [5.41, 5.74) is 1.64. The number of rotatable bonds is 3. The van der Waals surface area contributed by atoms with Crippen molar-refractivity contribution in [3.8, 4) is 0 Å². The molecule has 6 heteroatoms. The number of hydrogen-bond donors (Lipinski definition) is 2. The first-order valence-electron chi connectivity index (χ1n) is 2.89. The molecular weight excluding hydrogens is 152 g/mol. The molecule has 0 rings (SSSR count). The lowest BCUT2D eigenvalue weighted by molar-refractivity contribution is -0.155. The third-order valence-electron chi connectivity index (χ3n) is 0.837. The van der Waals surface area contributed by atoms with Crippen LogP contribution >= 0.6 is 0 Å². The third-order valence-corrected chi connectivity index (χ3v) is 0.837. The topological polar surface area (TPSA) is 90.6 Å². The Balaban J connectivity index is 3.44. The van der Waals surface area contributed by atoms with E-state index in [0.717, 1.165) is 0 Å². The van der Waals surface area contributed by atoms with Gasteiger partial charge in [-0.3, -0.25) is 10.2 Å². The predicted octanol–water partition coefficient (Wildman–Crippen LogP) is -1.83. The van der Waals surface area contributed by atoms with Crippen LogP contribution in [0.5, 0.6) is 0 Å². The van der Waals surface area contributed by atoms with E-state index >= 15 is 0 Å². The maximum atomic E-state index is 10.5. The second-order valence-electron chi connectivity index (χ2n) is 1.60. The van der Waals surface area contributed by atoms with Crippen molar-refractivity contribution in [2.45, 2.75) is 0 Å². The monoisotopic (exact) mass is 162 g/mol. The summed E-state index contributed by atoms with van der Waals surface area (Å²) in [6.07, 6.45) is 0. The highest BCUT2D eigenvalue weighted by Gasteiger charge is 2.12.